The highest BCUT2D eigenvalue weighted by Gasteiger charge is 2.69. The van der Waals surface area contributed by atoms with E-state index in [1.54, 1.807) is 7.11 Å². The molecular weight excluding hydrogens is 236 g/mol. The van der Waals surface area contributed by atoms with E-state index in [1.807, 2.05) is 24.3 Å². The van der Waals surface area contributed by atoms with Crippen molar-refractivity contribution in [1.82, 2.24) is 0 Å². The fourth-order valence-corrected chi connectivity index (χ4v) is 4.87. The van der Waals surface area contributed by atoms with Crippen molar-refractivity contribution in [2.45, 2.75) is 45.6 Å². The normalized spacial score (nSPS) is 39.5. The van der Waals surface area contributed by atoms with Crippen LogP contribution in [0.1, 0.15) is 45.6 Å². The van der Waals surface area contributed by atoms with Gasteiger partial charge < -0.3 is 9.84 Å². The van der Waals surface area contributed by atoms with E-state index in [2.05, 4.69) is 20.8 Å². The number of hydrogen-bond acceptors (Lipinski definition) is 2. The molecule has 2 aliphatic carbocycles. The van der Waals surface area contributed by atoms with E-state index >= 15 is 0 Å². The third-order valence-electron chi connectivity index (χ3n) is 6.06. The maximum absolute atomic E-state index is 11.7. The zero-order valence-electron chi connectivity index (χ0n) is 12.4. The molecule has 2 fully saturated rings. The second-order valence-electron chi connectivity index (χ2n) is 7.13. The first-order chi connectivity index (χ1) is 8.87. The molecule has 1 aromatic rings. The Balaban J connectivity index is 2.22. The minimum atomic E-state index is -0.796. The minimum absolute atomic E-state index is 0.0319. The molecule has 2 nitrogen and oxygen atoms in total. The lowest BCUT2D eigenvalue weighted by Gasteiger charge is -2.51. The Morgan fingerprint density at radius 3 is 2.47 bits per heavy atom. The molecule has 0 spiro atoms. The summed E-state index contributed by atoms with van der Waals surface area (Å²) in [5.41, 5.74) is 0.0344. The number of benzene rings is 1. The highest BCUT2D eigenvalue weighted by atomic mass is 16.5. The standard InChI is InChI=1S/C17H24O2/c1-15(2)12-9-10-16(3,11-12)17(15,18)13-7-5-6-8-14(13)19-4/h5-8,12,18H,9-11H2,1-4H3/t12-,16+,17-/m1/s1. The van der Waals surface area contributed by atoms with Crippen LogP contribution in [0.4, 0.5) is 0 Å². The van der Waals surface area contributed by atoms with Crippen molar-refractivity contribution in [3.05, 3.63) is 29.8 Å². The van der Waals surface area contributed by atoms with Crippen molar-refractivity contribution in [2.75, 3.05) is 7.11 Å². The lowest BCUT2D eigenvalue weighted by Crippen LogP contribution is -2.51. The Kier molecular flexibility index (Phi) is 2.57. The Bertz CT molecular complexity index is 501. The number of ether oxygens (including phenoxy) is 1. The van der Waals surface area contributed by atoms with Crippen molar-refractivity contribution >= 4 is 0 Å². The second-order valence-corrected chi connectivity index (χ2v) is 7.13. The van der Waals surface area contributed by atoms with Crippen molar-refractivity contribution in [2.24, 2.45) is 16.7 Å². The minimum Gasteiger partial charge on any atom is -0.496 e. The molecule has 1 N–H and O–H groups in total. The number of fused-ring (bicyclic) bond motifs is 2. The van der Waals surface area contributed by atoms with Crippen LogP contribution < -0.4 is 4.74 Å². The summed E-state index contributed by atoms with van der Waals surface area (Å²) >= 11 is 0. The van der Waals surface area contributed by atoms with Gasteiger partial charge in [0, 0.05) is 16.4 Å². The van der Waals surface area contributed by atoms with Crippen LogP contribution in [0.15, 0.2) is 24.3 Å². The van der Waals surface area contributed by atoms with Gasteiger partial charge in [-0.05, 0) is 31.2 Å². The maximum Gasteiger partial charge on any atom is 0.124 e. The Labute approximate surface area is 115 Å². The van der Waals surface area contributed by atoms with Crippen LogP contribution >= 0.6 is 0 Å². The van der Waals surface area contributed by atoms with Crippen LogP contribution in [-0.2, 0) is 5.60 Å². The fraction of sp³-hybridized carbons (Fsp3) is 0.647. The van der Waals surface area contributed by atoms with Crippen LogP contribution in [0.5, 0.6) is 5.75 Å². The van der Waals surface area contributed by atoms with Crippen LogP contribution in [0.25, 0.3) is 0 Å². The van der Waals surface area contributed by atoms with Crippen molar-refractivity contribution in [1.29, 1.82) is 0 Å². The van der Waals surface area contributed by atoms with E-state index in [4.69, 9.17) is 4.74 Å². The highest BCUT2D eigenvalue weighted by Crippen LogP contribution is 2.72. The summed E-state index contributed by atoms with van der Waals surface area (Å²) in [5.74, 6) is 1.42. The van der Waals surface area contributed by atoms with Gasteiger partial charge in [-0.1, -0.05) is 39.0 Å². The predicted molar refractivity (Wildman–Crippen MR) is 76.1 cm³/mol. The summed E-state index contributed by atoms with van der Waals surface area (Å²) in [6.07, 6.45) is 3.46. The molecule has 19 heavy (non-hydrogen) atoms. The third-order valence-corrected chi connectivity index (χ3v) is 6.06. The lowest BCUT2D eigenvalue weighted by molar-refractivity contribution is -0.151. The van der Waals surface area contributed by atoms with E-state index in [1.165, 1.54) is 6.42 Å². The predicted octanol–water partition coefficient (Wildman–Crippen LogP) is 3.73. The maximum atomic E-state index is 11.7. The molecule has 2 heteroatoms. The summed E-state index contributed by atoms with van der Waals surface area (Å²) < 4.78 is 5.51. The second kappa shape index (κ2) is 3.76. The number of methoxy groups -OCH3 is 1. The Morgan fingerprint density at radius 1 is 1.21 bits per heavy atom. The van der Waals surface area contributed by atoms with Gasteiger partial charge in [0.05, 0.1) is 7.11 Å². The van der Waals surface area contributed by atoms with Crippen LogP contribution in [0, 0.1) is 16.7 Å². The van der Waals surface area contributed by atoms with E-state index < -0.39 is 5.60 Å². The number of rotatable bonds is 2. The summed E-state index contributed by atoms with van der Waals surface area (Å²) in [6.45, 7) is 6.68. The van der Waals surface area contributed by atoms with Crippen LogP contribution in [-0.4, -0.2) is 12.2 Å². The van der Waals surface area contributed by atoms with Crippen molar-refractivity contribution in [3.63, 3.8) is 0 Å². The molecule has 0 unspecified atom stereocenters. The van der Waals surface area contributed by atoms with Gasteiger partial charge in [-0.25, -0.2) is 0 Å². The Hall–Kier alpha value is -1.02. The molecule has 2 bridgehead atoms. The fourth-order valence-electron chi connectivity index (χ4n) is 4.87. The Morgan fingerprint density at radius 2 is 1.89 bits per heavy atom. The van der Waals surface area contributed by atoms with Crippen LogP contribution in [0.3, 0.4) is 0 Å². The smallest absolute Gasteiger partial charge is 0.124 e. The zero-order valence-corrected chi connectivity index (χ0v) is 12.4. The number of aliphatic hydroxyl groups is 1. The van der Waals surface area contributed by atoms with Gasteiger partial charge in [0.25, 0.3) is 0 Å². The van der Waals surface area contributed by atoms with Crippen molar-refractivity contribution in [3.8, 4) is 5.75 Å². The first-order valence-corrected chi connectivity index (χ1v) is 7.23. The molecule has 0 amide bonds. The van der Waals surface area contributed by atoms with Gasteiger partial charge in [0.2, 0.25) is 0 Å². The van der Waals surface area contributed by atoms with E-state index in [0.29, 0.717) is 5.92 Å². The molecule has 0 heterocycles. The zero-order chi connectivity index (χ0) is 13.9. The molecule has 3 atom stereocenters. The largest absolute Gasteiger partial charge is 0.496 e. The topological polar surface area (TPSA) is 29.5 Å². The first-order valence-electron chi connectivity index (χ1n) is 7.23. The molecule has 0 aliphatic heterocycles. The van der Waals surface area contributed by atoms with Gasteiger partial charge in [0.15, 0.2) is 0 Å². The molecule has 1 aromatic carbocycles. The molecule has 0 saturated heterocycles. The summed E-state index contributed by atoms with van der Waals surface area (Å²) in [6, 6.07) is 7.96. The van der Waals surface area contributed by atoms with E-state index in [0.717, 1.165) is 24.2 Å². The molecule has 3 rings (SSSR count). The number of hydrogen-bond donors (Lipinski definition) is 1. The number of para-hydroxylation sites is 1. The van der Waals surface area contributed by atoms with Gasteiger partial charge in [-0.3, -0.25) is 0 Å². The van der Waals surface area contributed by atoms with Gasteiger partial charge in [0.1, 0.15) is 11.4 Å². The average Bonchev–Trinajstić information content (AvgIpc) is 2.86. The van der Waals surface area contributed by atoms with Crippen LogP contribution in [0.2, 0.25) is 0 Å². The lowest BCUT2D eigenvalue weighted by atomic mass is 9.57. The molecule has 104 valence electrons. The molecule has 2 aliphatic rings. The summed E-state index contributed by atoms with van der Waals surface area (Å²) in [7, 11) is 1.69. The average molecular weight is 260 g/mol. The first kappa shape index (κ1) is 13.0. The quantitative estimate of drug-likeness (QED) is 0.878. The molecule has 2 saturated carbocycles. The SMILES string of the molecule is COc1ccccc1[C@@]1(O)C(C)(C)[C@@H]2CC[C@@]1(C)C2. The molecule has 0 radical (unpaired) electrons. The third kappa shape index (κ3) is 1.36. The molecule has 0 aromatic heterocycles. The van der Waals surface area contributed by atoms with Gasteiger partial charge >= 0.3 is 0 Å². The van der Waals surface area contributed by atoms with E-state index in [-0.39, 0.29) is 10.8 Å². The van der Waals surface area contributed by atoms with E-state index in [9.17, 15) is 5.11 Å². The summed E-state index contributed by atoms with van der Waals surface area (Å²) in [4.78, 5) is 0. The van der Waals surface area contributed by atoms with Crippen molar-refractivity contribution < 1.29 is 9.84 Å². The van der Waals surface area contributed by atoms with Gasteiger partial charge in [-0.15, -0.1) is 0 Å². The highest BCUT2D eigenvalue weighted by molar-refractivity contribution is 5.43. The summed E-state index contributed by atoms with van der Waals surface area (Å²) in [5, 5.41) is 11.7. The molecular formula is C17H24O2. The van der Waals surface area contributed by atoms with Gasteiger partial charge in [-0.2, -0.15) is 0 Å². The monoisotopic (exact) mass is 260 g/mol.